The van der Waals surface area contributed by atoms with Crippen LogP contribution in [-0.2, 0) is 22.6 Å². The van der Waals surface area contributed by atoms with Gasteiger partial charge in [-0.1, -0.05) is 24.3 Å². The van der Waals surface area contributed by atoms with Gasteiger partial charge in [-0.05, 0) is 62.7 Å². The number of fused-ring (bicyclic) bond motifs is 1. The van der Waals surface area contributed by atoms with Crippen LogP contribution in [0.1, 0.15) is 45.9 Å². The van der Waals surface area contributed by atoms with Gasteiger partial charge in [0.15, 0.2) is 0 Å². The number of nitrogens with zero attached hydrogens (tertiary/aromatic N) is 4. The Hall–Kier alpha value is -3.95. The van der Waals surface area contributed by atoms with Crippen LogP contribution in [0, 0.1) is 0 Å². The molecule has 0 unspecified atom stereocenters. The van der Waals surface area contributed by atoms with Gasteiger partial charge < -0.3 is 25.6 Å². The van der Waals surface area contributed by atoms with Gasteiger partial charge in [0.25, 0.3) is 5.91 Å². The number of aromatic nitrogens is 2. The lowest BCUT2D eigenvalue weighted by molar-refractivity contribution is -0.137. The molecule has 2 atom stereocenters. The van der Waals surface area contributed by atoms with Crippen LogP contribution in [-0.4, -0.2) is 86.1 Å². The summed E-state index contributed by atoms with van der Waals surface area (Å²) in [5.74, 6) is -0.645. The summed E-state index contributed by atoms with van der Waals surface area (Å²) in [5, 5.41) is 8.82. The number of methoxy groups -OCH3 is 1. The second-order valence-electron chi connectivity index (χ2n) is 11.4. The number of amides is 1. The first kappa shape index (κ1) is 32.4. The van der Waals surface area contributed by atoms with Crippen molar-refractivity contribution in [2.45, 2.75) is 43.6 Å². The fourth-order valence-corrected chi connectivity index (χ4v) is 6.47. The van der Waals surface area contributed by atoms with Gasteiger partial charge in [-0.2, -0.15) is 22.5 Å². The Balaban J connectivity index is 1.40. The molecule has 3 aromatic rings. The molecular weight excluding hydrogens is 611 g/mol. The predicted octanol–water partition coefficient (Wildman–Crippen LogP) is 4.04. The predicted molar refractivity (Wildman–Crippen MR) is 164 cm³/mol. The number of rotatable bonds is 9. The first-order valence-corrected chi connectivity index (χ1v) is 16.3. The number of sulfonamides is 1. The maximum absolute atomic E-state index is 14.1. The molecule has 45 heavy (non-hydrogen) atoms. The van der Waals surface area contributed by atoms with E-state index in [-0.39, 0.29) is 30.1 Å². The topological polar surface area (TPSA) is 129 Å². The summed E-state index contributed by atoms with van der Waals surface area (Å²) in [5.41, 5.74) is 1.14. The molecule has 0 bridgehead atoms. The molecule has 1 amide bonds. The Morgan fingerprint density at radius 3 is 2.51 bits per heavy atom. The summed E-state index contributed by atoms with van der Waals surface area (Å²) < 4.78 is 73.9. The van der Waals surface area contributed by atoms with Crippen LogP contribution in [0.25, 0.3) is 0 Å². The van der Waals surface area contributed by atoms with Crippen molar-refractivity contribution in [1.29, 1.82) is 0 Å². The summed E-state index contributed by atoms with van der Waals surface area (Å²) in [7, 11) is 1.18. The van der Waals surface area contributed by atoms with Crippen molar-refractivity contribution in [2.75, 3.05) is 51.2 Å². The van der Waals surface area contributed by atoms with E-state index in [4.69, 9.17) is 4.74 Å². The Bertz CT molecular complexity index is 1660. The van der Waals surface area contributed by atoms with Crippen molar-refractivity contribution in [1.82, 2.24) is 24.5 Å². The maximum Gasteiger partial charge on any atom is 0.421 e. The average molecular weight is 648 g/mol. The molecule has 0 radical (unpaired) electrons. The van der Waals surface area contributed by atoms with Crippen LogP contribution in [0.3, 0.4) is 0 Å². The molecule has 1 fully saturated rings. The Morgan fingerprint density at radius 1 is 1.13 bits per heavy atom. The standard InChI is InChI=1S/C30H36F3N7O4S/c1-39-13-11-19(12-14-39)35-28(41)22-10-9-20(16-25(22)44-3)36-29-34-17-23(30(31,32)33)27(38-29)37-24-15-18-7-5-6-8-21(18)26(24)40(2)45(4,42)43/h5-10,16-17,19,24,26H,11-15H2,1-4H3,(H,35,41)(H2,34,36,37,38)/t24-,26-/m1/s1. The highest BCUT2D eigenvalue weighted by molar-refractivity contribution is 7.88. The van der Waals surface area contributed by atoms with E-state index >= 15 is 0 Å². The third kappa shape index (κ3) is 7.31. The number of alkyl halides is 3. The molecule has 2 heterocycles. The third-order valence-electron chi connectivity index (χ3n) is 8.28. The smallest absolute Gasteiger partial charge is 0.421 e. The van der Waals surface area contributed by atoms with E-state index < -0.39 is 39.7 Å². The summed E-state index contributed by atoms with van der Waals surface area (Å²) in [6.07, 6.45) is -1.10. The number of piperidine rings is 1. The van der Waals surface area contributed by atoms with Crippen LogP contribution >= 0.6 is 0 Å². The van der Waals surface area contributed by atoms with E-state index in [0.717, 1.165) is 42.1 Å². The Labute approximate surface area is 260 Å². The zero-order valence-corrected chi connectivity index (χ0v) is 26.2. The minimum Gasteiger partial charge on any atom is -0.496 e. The van der Waals surface area contributed by atoms with Gasteiger partial charge in [0, 0.05) is 31.0 Å². The number of benzene rings is 2. The van der Waals surface area contributed by atoms with E-state index in [9.17, 15) is 26.4 Å². The fourth-order valence-electron chi connectivity index (χ4n) is 5.80. The van der Waals surface area contributed by atoms with E-state index in [1.165, 1.54) is 14.2 Å². The van der Waals surface area contributed by atoms with Gasteiger partial charge >= 0.3 is 6.18 Å². The van der Waals surface area contributed by atoms with E-state index in [0.29, 0.717) is 23.0 Å². The van der Waals surface area contributed by atoms with Crippen molar-refractivity contribution in [3.63, 3.8) is 0 Å². The molecule has 11 nitrogen and oxygen atoms in total. The van der Waals surface area contributed by atoms with Crippen molar-refractivity contribution < 1.29 is 31.1 Å². The number of likely N-dealkylation sites (N-methyl/N-ethyl adjacent to an activating group) is 1. The maximum atomic E-state index is 14.1. The lowest BCUT2D eigenvalue weighted by Gasteiger charge is -2.30. The Kier molecular flexibility index (Phi) is 9.23. The zero-order chi connectivity index (χ0) is 32.5. The van der Waals surface area contributed by atoms with Gasteiger partial charge in [0.05, 0.1) is 31.0 Å². The molecule has 2 aromatic carbocycles. The third-order valence-corrected chi connectivity index (χ3v) is 9.56. The van der Waals surface area contributed by atoms with E-state index in [2.05, 4.69) is 30.8 Å². The summed E-state index contributed by atoms with van der Waals surface area (Å²) in [6.45, 7) is 1.77. The lowest BCUT2D eigenvalue weighted by atomic mass is 10.0. The van der Waals surface area contributed by atoms with Gasteiger partial charge in [-0.3, -0.25) is 4.79 Å². The number of likely N-dealkylation sites (tertiary alicyclic amines) is 1. The second kappa shape index (κ2) is 12.8. The highest BCUT2D eigenvalue weighted by Gasteiger charge is 2.41. The van der Waals surface area contributed by atoms with E-state index in [1.54, 1.807) is 36.4 Å². The number of carbonyl (C=O) groups is 1. The Morgan fingerprint density at radius 2 is 1.84 bits per heavy atom. The van der Waals surface area contributed by atoms with Crippen LogP contribution in [0.2, 0.25) is 0 Å². The number of hydrogen-bond acceptors (Lipinski definition) is 9. The van der Waals surface area contributed by atoms with Crippen molar-refractivity contribution in [3.05, 3.63) is 70.9 Å². The zero-order valence-electron chi connectivity index (χ0n) is 25.4. The van der Waals surface area contributed by atoms with Crippen LogP contribution in [0.15, 0.2) is 48.7 Å². The minimum absolute atomic E-state index is 0.0483. The molecule has 1 saturated heterocycles. The summed E-state index contributed by atoms with van der Waals surface area (Å²) in [6, 6.07) is 10.4. The van der Waals surface area contributed by atoms with Gasteiger partial charge in [0.2, 0.25) is 16.0 Å². The highest BCUT2D eigenvalue weighted by Crippen LogP contribution is 2.40. The summed E-state index contributed by atoms with van der Waals surface area (Å²) in [4.78, 5) is 23.3. The van der Waals surface area contributed by atoms with Crippen molar-refractivity contribution in [2.24, 2.45) is 0 Å². The molecule has 242 valence electrons. The molecule has 1 aromatic heterocycles. The molecular formula is C30H36F3N7O4S. The first-order chi connectivity index (χ1) is 21.2. The molecule has 1 aliphatic heterocycles. The van der Waals surface area contributed by atoms with Crippen LogP contribution < -0.4 is 20.7 Å². The molecule has 0 spiro atoms. The normalized spacial score (nSPS) is 19.3. The average Bonchev–Trinajstić information content (AvgIpc) is 3.34. The van der Waals surface area contributed by atoms with Gasteiger partial charge in [-0.25, -0.2) is 13.4 Å². The lowest BCUT2D eigenvalue weighted by Crippen LogP contribution is -2.43. The van der Waals surface area contributed by atoms with Crippen molar-refractivity contribution in [3.8, 4) is 5.75 Å². The SMILES string of the molecule is COc1cc(Nc2ncc(C(F)(F)F)c(N[C@@H]3Cc4ccccc4[C@H]3N(C)S(C)(=O)=O)n2)ccc1C(=O)NC1CCN(C)CC1. The molecule has 5 rings (SSSR count). The number of ether oxygens (including phenoxy) is 1. The number of hydrogen-bond donors (Lipinski definition) is 3. The molecule has 0 saturated carbocycles. The monoisotopic (exact) mass is 647 g/mol. The van der Waals surface area contributed by atoms with Crippen LogP contribution in [0.4, 0.5) is 30.6 Å². The largest absolute Gasteiger partial charge is 0.496 e. The van der Waals surface area contributed by atoms with Crippen molar-refractivity contribution >= 4 is 33.4 Å². The molecule has 2 aliphatic rings. The molecule has 15 heteroatoms. The highest BCUT2D eigenvalue weighted by atomic mass is 32.2. The number of anilines is 3. The number of nitrogens with one attached hydrogen (secondary N) is 3. The minimum atomic E-state index is -4.78. The van der Waals surface area contributed by atoms with E-state index in [1.807, 2.05) is 13.1 Å². The quantitative estimate of drug-likeness (QED) is 0.315. The van der Waals surface area contributed by atoms with Gasteiger partial charge in [-0.15, -0.1) is 0 Å². The van der Waals surface area contributed by atoms with Gasteiger partial charge in [0.1, 0.15) is 17.1 Å². The van der Waals surface area contributed by atoms with Crippen LogP contribution in [0.5, 0.6) is 5.75 Å². The summed E-state index contributed by atoms with van der Waals surface area (Å²) >= 11 is 0. The second-order valence-corrected chi connectivity index (χ2v) is 13.5. The molecule has 1 aliphatic carbocycles. The number of halogens is 3. The first-order valence-electron chi connectivity index (χ1n) is 14.4. The molecule has 3 N–H and O–H groups in total. The fraction of sp³-hybridized carbons (Fsp3) is 0.433. The number of carbonyl (C=O) groups excluding carboxylic acids is 1.